The Labute approximate surface area is 197 Å². The number of phenols is 1. The molecule has 0 spiro atoms. The van der Waals surface area contributed by atoms with Gasteiger partial charge in [0.1, 0.15) is 23.4 Å². The molecule has 3 unspecified atom stereocenters. The molecule has 0 aliphatic heterocycles. The molecular weight excluding hydrogens is 422 g/mol. The van der Waals surface area contributed by atoms with Gasteiger partial charge in [-0.1, -0.05) is 37.6 Å². The SMILES string of the molecule is C=CCN(C(=O)C(C)NC(=O)OC(C)(C)C)C(C(=O)NC(C)CCC)c1cccc(C)c1O. The Bertz CT molecular complexity index is 847. The minimum atomic E-state index is -1.11. The summed E-state index contributed by atoms with van der Waals surface area (Å²) in [5, 5.41) is 16.2. The summed E-state index contributed by atoms with van der Waals surface area (Å²) in [6.07, 6.45) is 2.41. The van der Waals surface area contributed by atoms with Gasteiger partial charge in [0, 0.05) is 18.2 Å². The van der Waals surface area contributed by atoms with Gasteiger partial charge in [0.05, 0.1) is 0 Å². The number of hydrogen-bond donors (Lipinski definition) is 3. The zero-order valence-corrected chi connectivity index (χ0v) is 20.9. The van der Waals surface area contributed by atoms with E-state index in [2.05, 4.69) is 17.2 Å². The molecule has 33 heavy (non-hydrogen) atoms. The van der Waals surface area contributed by atoms with E-state index in [1.807, 2.05) is 13.8 Å². The van der Waals surface area contributed by atoms with Gasteiger partial charge >= 0.3 is 6.09 Å². The molecule has 1 aromatic carbocycles. The average Bonchev–Trinajstić information content (AvgIpc) is 2.68. The molecule has 0 radical (unpaired) electrons. The quantitative estimate of drug-likeness (QED) is 0.457. The summed E-state index contributed by atoms with van der Waals surface area (Å²) in [5.41, 5.74) is 0.160. The molecule has 0 aliphatic carbocycles. The van der Waals surface area contributed by atoms with Crippen LogP contribution in [0.5, 0.6) is 5.75 Å². The van der Waals surface area contributed by atoms with Gasteiger partial charge in [-0.2, -0.15) is 0 Å². The molecule has 8 nitrogen and oxygen atoms in total. The van der Waals surface area contributed by atoms with Crippen molar-refractivity contribution in [3.05, 3.63) is 42.0 Å². The summed E-state index contributed by atoms with van der Waals surface area (Å²) >= 11 is 0. The van der Waals surface area contributed by atoms with E-state index in [1.165, 1.54) is 17.9 Å². The number of benzene rings is 1. The molecule has 0 fully saturated rings. The number of carbonyl (C=O) groups is 3. The zero-order valence-electron chi connectivity index (χ0n) is 20.9. The molecular formula is C25H39N3O5. The summed E-state index contributed by atoms with van der Waals surface area (Å²) in [7, 11) is 0. The molecule has 0 saturated heterocycles. The maximum Gasteiger partial charge on any atom is 0.408 e. The van der Waals surface area contributed by atoms with Crippen molar-refractivity contribution in [2.75, 3.05) is 6.54 Å². The van der Waals surface area contributed by atoms with Gasteiger partial charge in [-0.05, 0) is 53.5 Å². The van der Waals surface area contributed by atoms with Crippen molar-refractivity contribution in [3.63, 3.8) is 0 Å². The lowest BCUT2D eigenvalue weighted by atomic mass is 9.99. The first-order chi connectivity index (χ1) is 15.3. The van der Waals surface area contributed by atoms with Gasteiger partial charge in [-0.3, -0.25) is 9.59 Å². The summed E-state index contributed by atoms with van der Waals surface area (Å²) in [6, 6.07) is 2.85. The number of alkyl carbamates (subject to hydrolysis) is 1. The standard InChI is InChI=1S/C25H39N3O5/c1-9-12-17(4)26-22(30)20(19-14-11-13-16(3)21(19)29)28(15-10-2)23(31)18(5)27-24(32)33-25(6,7)8/h10-11,13-14,17-18,20,29H,2,9,12,15H2,1,3-8H3,(H,26,30)(H,27,32). The second kappa shape index (κ2) is 12.3. The topological polar surface area (TPSA) is 108 Å². The second-order valence-corrected chi connectivity index (χ2v) is 9.26. The van der Waals surface area contributed by atoms with Crippen LogP contribution in [0.15, 0.2) is 30.9 Å². The highest BCUT2D eigenvalue weighted by atomic mass is 16.6. The van der Waals surface area contributed by atoms with Crippen LogP contribution in [0.25, 0.3) is 0 Å². The van der Waals surface area contributed by atoms with Gasteiger partial charge in [0.25, 0.3) is 0 Å². The molecule has 8 heteroatoms. The van der Waals surface area contributed by atoms with Crippen molar-refractivity contribution in [1.82, 2.24) is 15.5 Å². The van der Waals surface area contributed by atoms with E-state index < -0.39 is 35.6 Å². The van der Waals surface area contributed by atoms with Crippen molar-refractivity contribution < 1.29 is 24.2 Å². The smallest absolute Gasteiger partial charge is 0.408 e. The third-order valence-corrected chi connectivity index (χ3v) is 4.95. The van der Waals surface area contributed by atoms with Crippen molar-refractivity contribution in [2.45, 2.75) is 85.0 Å². The average molecular weight is 462 g/mol. The van der Waals surface area contributed by atoms with Gasteiger partial charge in [-0.25, -0.2) is 4.79 Å². The molecule has 3 N–H and O–H groups in total. The van der Waals surface area contributed by atoms with E-state index in [-0.39, 0.29) is 18.3 Å². The van der Waals surface area contributed by atoms with Crippen LogP contribution in [0.2, 0.25) is 0 Å². The van der Waals surface area contributed by atoms with Crippen LogP contribution in [0, 0.1) is 6.92 Å². The summed E-state index contributed by atoms with van der Waals surface area (Å²) in [5.74, 6) is -0.989. The number of nitrogens with one attached hydrogen (secondary N) is 2. The van der Waals surface area contributed by atoms with Crippen molar-refractivity contribution in [3.8, 4) is 5.75 Å². The van der Waals surface area contributed by atoms with E-state index in [9.17, 15) is 19.5 Å². The molecule has 0 saturated carbocycles. The van der Waals surface area contributed by atoms with E-state index in [4.69, 9.17) is 4.74 Å². The third-order valence-electron chi connectivity index (χ3n) is 4.95. The second-order valence-electron chi connectivity index (χ2n) is 9.26. The zero-order chi connectivity index (χ0) is 25.3. The van der Waals surface area contributed by atoms with Gasteiger partial charge in [-0.15, -0.1) is 6.58 Å². The normalized spacial score (nSPS) is 13.9. The van der Waals surface area contributed by atoms with Crippen LogP contribution in [0.1, 0.15) is 71.6 Å². The third kappa shape index (κ3) is 8.44. The number of amides is 3. The number of phenolic OH excluding ortho intramolecular Hbond substituents is 1. The van der Waals surface area contributed by atoms with Gasteiger partial charge < -0.3 is 25.4 Å². The highest BCUT2D eigenvalue weighted by molar-refractivity contribution is 5.92. The summed E-state index contributed by atoms with van der Waals surface area (Å²) in [4.78, 5) is 40.3. The minimum Gasteiger partial charge on any atom is -0.507 e. The Kier molecular flexibility index (Phi) is 10.4. The Morgan fingerprint density at radius 3 is 2.39 bits per heavy atom. The first kappa shape index (κ1) is 28.0. The lowest BCUT2D eigenvalue weighted by molar-refractivity contribution is -0.141. The largest absolute Gasteiger partial charge is 0.507 e. The highest BCUT2D eigenvalue weighted by Crippen LogP contribution is 2.32. The number of ether oxygens (including phenoxy) is 1. The van der Waals surface area contributed by atoms with Crippen molar-refractivity contribution in [1.29, 1.82) is 0 Å². The maximum absolute atomic E-state index is 13.4. The number of nitrogens with zero attached hydrogens (tertiary/aromatic N) is 1. The van der Waals surface area contributed by atoms with E-state index in [0.29, 0.717) is 11.1 Å². The molecule has 184 valence electrons. The predicted octanol–water partition coefficient (Wildman–Crippen LogP) is 3.97. The first-order valence-corrected chi connectivity index (χ1v) is 11.3. The van der Waals surface area contributed by atoms with Gasteiger partial charge in [0.15, 0.2) is 0 Å². The molecule has 0 bridgehead atoms. The van der Waals surface area contributed by atoms with E-state index in [1.54, 1.807) is 45.9 Å². The van der Waals surface area contributed by atoms with Crippen LogP contribution in [0.3, 0.4) is 0 Å². The van der Waals surface area contributed by atoms with Crippen molar-refractivity contribution >= 4 is 17.9 Å². The molecule has 0 aromatic heterocycles. The van der Waals surface area contributed by atoms with Crippen LogP contribution in [-0.2, 0) is 14.3 Å². The Hall–Kier alpha value is -3.03. The fraction of sp³-hybridized carbons (Fsp3) is 0.560. The number of hydrogen-bond acceptors (Lipinski definition) is 5. The fourth-order valence-corrected chi connectivity index (χ4v) is 3.44. The molecule has 0 aliphatic rings. The number of rotatable bonds is 10. The summed E-state index contributed by atoms with van der Waals surface area (Å²) < 4.78 is 5.24. The number of aromatic hydroxyl groups is 1. The molecule has 1 rings (SSSR count). The number of aryl methyl sites for hydroxylation is 1. The first-order valence-electron chi connectivity index (χ1n) is 11.3. The van der Waals surface area contributed by atoms with E-state index >= 15 is 0 Å². The van der Waals surface area contributed by atoms with Gasteiger partial charge in [0.2, 0.25) is 11.8 Å². The Morgan fingerprint density at radius 1 is 1.21 bits per heavy atom. The van der Waals surface area contributed by atoms with Crippen LogP contribution < -0.4 is 10.6 Å². The Morgan fingerprint density at radius 2 is 1.85 bits per heavy atom. The minimum absolute atomic E-state index is 0.0345. The summed E-state index contributed by atoms with van der Waals surface area (Å²) in [6.45, 7) is 16.1. The van der Waals surface area contributed by atoms with E-state index in [0.717, 1.165) is 12.8 Å². The maximum atomic E-state index is 13.4. The van der Waals surface area contributed by atoms with Crippen LogP contribution in [-0.4, -0.2) is 52.1 Å². The van der Waals surface area contributed by atoms with Crippen LogP contribution >= 0.6 is 0 Å². The Balaban J connectivity index is 3.35. The molecule has 3 atom stereocenters. The number of carbonyl (C=O) groups excluding carboxylic acids is 3. The fourth-order valence-electron chi connectivity index (χ4n) is 3.44. The predicted molar refractivity (Wildman–Crippen MR) is 129 cm³/mol. The lowest BCUT2D eigenvalue weighted by Crippen LogP contribution is -2.52. The highest BCUT2D eigenvalue weighted by Gasteiger charge is 2.36. The molecule has 1 aromatic rings. The molecule has 0 heterocycles. The van der Waals surface area contributed by atoms with Crippen LogP contribution in [0.4, 0.5) is 4.79 Å². The van der Waals surface area contributed by atoms with Crippen molar-refractivity contribution in [2.24, 2.45) is 0 Å². The number of para-hydroxylation sites is 1. The lowest BCUT2D eigenvalue weighted by Gasteiger charge is -2.34. The molecule has 3 amide bonds. The monoisotopic (exact) mass is 461 g/mol.